The van der Waals surface area contributed by atoms with Crippen molar-refractivity contribution in [2.45, 2.75) is 20.0 Å². The first-order valence-corrected chi connectivity index (χ1v) is 8.18. The van der Waals surface area contributed by atoms with Crippen LogP contribution in [-0.4, -0.2) is 23.0 Å². The normalized spacial score (nSPS) is 12.0. The standard InChI is InChI=1S/C18H16Cl2N2O3/c1-11-5-3-4-6-13(11)7-8-16(23)25-12(2)18(24)22-17-15(20)9-14(19)10-21-17/h3-10,12H,1-2H3,(H,21,22,24)/b8-7+/t12-/m0/s1. The molecule has 1 aromatic carbocycles. The maximum absolute atomic E-state index is 12.1. The van der Waals surface area contributed by atoms with E-state index in [0.717, 1.165) is 11.1 Å². The fraction of sp³-hybridized carbons (Fsp3) is 0.167. The van der Waals surface area contributed by atoms with Gasteiger partial charge in [0.25, 0.3) is 5.91 Å². The second kappa shape index (κ2) is 8.65. The number of halogens is 2. The number of benzene rings is 1. The summed E-state index contributed by atoms with van der Waals surface area (Å²) in [6, 6.07) is 9.05. The average molecular weight is 379 g/mol. The molecule has 0 bridgehead atoms. The van der Waals surface area contributed by atoms with Crippen molar-refractivity contribution in [1.82, 2.24) is 4.98 Å². The molecule has 1 atom stereocenters. The number of anilines is 1. The number of hydrogen-bond acceptors (Lipinski definition) is 4. The van der Waals surface area contributed by atoms with Crippen LogP contribution < -0.4 is 5.32 Å². The maximum Gasteiger partial charge on any atom is 0.331 e. The van der Waals surface area contributed by atoms with Gasteiger partial charge in [0.05, 0.1) is 10.0 Å². The molecule has 0 aliphatic carbocycles. The lowest BCUT2D eigenvalue weighted by Crippen LogP contribution is -2.29. The lowest BCUT2D eigenvalue weighted by molar-refractivity contribution is -0.148. The topological polar surface area (TPSA) is 68.3 Å². The number of nitrogens with one attached hydrogen (secondary N) is 1. The van der Waals surface area contributed by atoms with Gasteiger partial charge in [-0.1, -0.05) is 47.5 Å². The van der Waals surface area contributed by atoms with Crippen LogP contribution in [-0.2, 0) is 14.3 Å². The predicted octanol–water partition coefficient (Wildman–Crippen LogP) is 4.28. The van der Waals surface area contributed by atoms with E-state index in [1.54, 1.807) is 6.08 Å². The lowest BCUT2D eigenvalue weighted by Gasteiger charge is -2.12. The minimum absolute atomic E-state index is 0.148. The van der Waals surface area contributed by atoms with Crippen LogP contribution in [0.3, 0.4) is 0 Å². The van der Waals surface area contributed by atoms with E-state index in [4.69, 9.17) is 27.9 Å². The molecule has 0 fully saturated rings. The van der Waals surface area contributed by atoms with Crippen LogP contribution in [0.25, 0.3) is 6.08 Å². The zero-order valence-electron chi connectivity index (χ0n) is 13.6. The molecule has 0 unspecified atom stereocenters. The molecule has 5 nitrogen and oxygen atoms in total. The van der Waals surface area contributed by atoms with Gasteiger partial charge in [-0.15, -0.1) is 0 Å². The SMILES string of the molecule is Cc1ccccc1/C=C/C(=O)O[C@@H](C)C(=O)Nc1ncc(Cl)cc1Cl. The van der Waals surface area contributed by atoms with E-state index in [0.29, 0.717) is 5.02 Å². The second-order valence-electron chi connectivity index (χ2n) is 5.24. The number of aromatic nitrogens is 1. The fourth-order valence-electron chi connectivity index (χ4n) is 1.92. The number of carbonyl (C=O) groups is 2. The van der Waals surface area contributed by atoms with Gasteiger partial charge in [0.15, 0.2) is 11.9 Å². The van der Waals surface area contributed by atoms with E-state index < -0.39 is 18.0 Å². The van der Waals surface area contributed by atoms with Crippen LogP contribution >= 0.6 is 23.2 Å². The second-order valence-corrected chi connectivity index (χ2v) is 6.09. The Morgan fingerprint density at radius 2 is 2.00 bits per heavy atom. The van der Waals surface area contributed by atoms with Crippen molar-refractivity contribution in [2.24, 2.45) is 0 Å². The third-order valence-corrected chi connectivity index (χ3v) is 3.79. The number of amides is 1. The Balaban J connectivity index is 1.94. The van der Waals surface area contributed by atoms with Crippen molar-refractivity contribution in [3.8, 4) is 0 Å². The Hall–Kier alpha value is -2.37. The van der Waals surface area contributed by atoms with E-state index in [1.807, 2.05) is 31.2 Å². The fourth-order valence-corrected chi connectivity index (χ4v) is 2.35. The molecule has 0 saturated carbocycles. The van der Waals surface area contributed by atoms with Crippen molar-refractivity contribution < 1.29 is 14.3 Å². The summed E-state index contributed by atoms with van der Waals surface area (Å²) >= 11 is 11.7. The van der Waals surface area contributed by atoms with Gasteiger partial charge in [-0.3, -0.25) is 4.79 Å². The monoisotopic (exact) mass is 378 g/mol. The number of esters is 1. The van der Waals surface area contributed by atoms with Crippen LogP contribution in [0.2, 0.25) is 10.0 Å². The number of ether oxygens (including phenoxy) is 1. The molecule has 1 N–H and O–H groups in total. The highest BCUT2D eigenvalue weighted by Gasteiger charge is 2.18. The summed E-state index contributed by atoms with van der Waals surface area (Å²) < 4.78 is 5.07. The van der Waals surface area contributed by atoms with Gasteiger partial charge in [0.2, 0.25) is 0 Å². The molecule has 1 heterocycles. The summed E-state index contributed by atoms with van der Waals surface area (Å²) in [6.07, 6.45) is 3.26. The molecule has 25 heavy (non-hydrogen) atoms. The summed E-state index contributed by atoms with van der Waals surface area (Å²) in [5.74, 6) is -1.02. The summed E-state index contributed by atoms with van der Waals surface area (Å²) in [7, 11) is 0. The van der Waals surface area contributed by atoms with Gasteiger partial charge in [0, 0.05) is 12.3 Å². The van der Waals surface area contributed by atoms with E-state index in [-0.39, 0.29) is 10.8 Å². The first kappa shape index (κ1) is 19.0. The van der Waals surface area contributed by atoms with Crippen molar-refractivity contribution in [3.05, 3.63) is 63.8 Å². The smallest absolute Gasteiger partial charge is 0.331 e. The molecule has 0 radical (unpaired) electrons. The van der Waals surface area contributed by atoms with Gasteiger partial charge in [-0.05, 0) is 37.1 Å². The number of hydrogen-bond donors (Lipinski definition) is 1. The zero-order chi connectivity index (χ0) is 18.4. The molecule has 0 saturated heterocycles. The molecular weight excluding hydrogens is 363 g/mol. The van der Waals surface area contributed by atoms with E-state index in [9.17, 15) is 9.59 Å². The minimum atomic E-state index is -1.01. The van der Waals surface area contributed by atoms with Crippen molar-refractivity contribution in [1.29, 1.82) is 0 Å². The van der Waals surface area contributed by atoms with Crippen LogP contribution in [0.5, 0.6) is 0 Å². The number of pyridine rings is 1. The van der Waals surface area contributed by atoms with Crippen molar-refractivity contribution in [2.75, 3.05) is 5.32 Å². The van der Waals surface area contributed by atoms with Crippen LogP contribution in [0.15, 0.2) is 42.6 Å². The molecule has 1 amide bonds. The number of rotatable bonds is 5. The average Bonchev–Trinajstić information content (AvgIpc) is 2.56. The summed E-state index contributed by atoms with van der Waals surface area (Å²) in [5, 5.41) is 3.03. The molecule has 2 rings (SSSR count). The van der Waals surface area contributed by atoms with E-state index in [1.165, 1.54) is 25.3 Å². The van der Waals surface area contributed by atoms with E-state index in [2.05, 4.69) is 10.3 Å². The molecule has 0 aliphatic rings. The Morgan fingerprint density at radius 3 is 2.68 bits per heavy atom. The molecule has 0 aliphatic heterocycles. The molecule has 1 aromatic heterocycles. The summed E-state index contributed by atoms with van der Waals surface area (Å²) in [4.78, 5) is 27.8. The third kappa shape index (κ3) is 5.59. The van der Waals surface area contributed by atoms with Crippen molar-refractivity contribution in [3.63, 3.8) is 0 Å². The van der Waals surface area contributed by atoms with Gasteiger partial charge in [0.1, 0.15) is 0 Å². The first-order valence-electron chi connectivity index (χ1n) is 7.43. The quantitative estimate of drug-likeness (QED) is 0.622. The number of nitrogens with zero attached hydrogens (tertiary/aromatic N) is 1. The van der Waals surface area contributed by atoms with Gasteiger partial charge in [-0.25, -0.2) is 9.78 Å². The highest BCUT2D eigenvalue weighted by atomic mass is 35.5. The number of carbonyl (C=O) groups excluding carboxylic acids is 2. The first-order chi connectivity index (χ1) is 11.9. The number of aryl methyl sites for hydroxylation is 1. The third-order valence-electron chi connectivity index (χ3n) is 3.30. The van der Waals surface area contributed by atoms with Gasteiger partial charge in [-0.2, -0.15) is 0 Å². The Labute approximate surface area is 155 Å². The Morgan fingerprint density at radius 1 is 1.28 bits per heavy atom. The van der Waals surface area contributed by atoms with Gasteiger partial charge >= 0.3 is 5.97 Å². The molecule has 2 aromatic rings. The highest BCUT2D eigenvalue weighted by Crippen LogP contribution is 2.22. The summed E-state index contributed by atoms with van der Waals surface area (Å²) in [5.41, 5.74) is 1.93. The Kier molecular flexibility index (Phi) is 6.56. The van der Waals surface area contributed by atoms with E-state index >= 15 is 0 Å². The van der Waals surface area contributed by atoms with Gasteiger partial charge < -0.3 is 10.1 Å². The molecule has 7 heteroatoms. The van der Waals surface area contributed by atoms with Crippen LogP contribution in [0, 0.1) is 6.92 Å². The van der Waals surface area contributed by atoms with Crippen molar-refractivity contribution >= 4 is 47.0 Å². The maximum atomic E-state index is 12.1. The molecule has 0 spiro atoms. The molecule has 130 valence electrons. The minimum Gasteiger partial charge on any atom is -0.449 e. The Bertz CT molecular complexity index is 822. The zero-order valence-corrected chi connectivity index (χ0v) is 15.1. The summed E-state index contributed by atoms with van der Waals surface area (Å²) in [6.45, 7) is 3.39. The highest BCUT2D eigenvalue weighted by molar-refractivity contribution is 6.36. The molecular formula is C18H16Cl2N2O3. The largest absolute Gasteiger partial charge is 0.449 e. The van der Waals surface area contributed by atoms with Crippen LogP contribution in [0.4, 0.5) is 5.82 Å². The lowest BCUT2D eigenvalue weighted by atomic mass is 10.1. The van der Waals surface area contributed by atoms with Crippen LogP contribution in [0.1, 0.15) is 18.1 Å². The predicted molar refractivity (Wildman–Crippen MR) is 98.7 cm³/mol.